The minimum atomic E-state index is -1.27. The minimum absolute atomic E-state index is 0.0698. The maximum atomic E-state index is 13.2. The second-order valence-corrected chi connectivity index (χ2v) is 5.78. The first-order valence-electron chi connectivity index (χ1n) is 7.53. The number of nitrogens with zero attached hydrogens (tertiary/aromatic N) is 1. The summed E-state index contributed by atoms with van der Waals surface area (Å²) in [5.74, 6) is -3.24. The lowest BCUT2D eigenvalue weighted by molar-refractivity contribution is -0.131. The zero-order valence-corrected chi connectivity index (χ0v) is 13.0. The second kappa shape index (κ2) is 6.32. The molecule has 2 aromatic rings. The van der Waals surface area contributed by atoms with Gasteiger partial charge in [-0.25, -0.2) is 8.78 Å². The Morgan fingerprint density at radius 3 is 2.32 bits per heavy atom. The number of amides is 2. The molecule has 0 spiro atoms. The first kappa shape index (κ1) is 16.6. The van der Waals surface area contributed by atoms with Gasteiger partial charge in [0.1, 0.15) is 11.5 Å². The number of anilines is 2. The first-order valence-corrected chi connectivity index (χ1v) is 7.53. The van der Waals surface area contributed by atoms with E-state index in [1.807, 2.05) is 6.07 Å². The fraction of sp³-hybridized carbons (Fsp3) is 0.167. The number of hydrogen-bond acceptors (Lipinski definition) is 3. The van der Waals surface area contributed by atoms with E-state index in [-0.39, 0.29) is 11.3 Å². The Labute approximate surface area is 142 Å². The Morgan fingerprint density at radius 2 is 1.68 bits per heavy atom. The van der Waals surface area contributed by atoms with Gasteiger partial charge in [-0.3, -0.25) is 9.59 Å². The van der Waals surface area contributed by atoms with E-state index in [0.717, 1.165) is 12.1 Å². The molecule has 5 nitrogen and oxygen atoms in total. The molecule has 1 aliphatic rings. The molecule has 2 amide bonds. The fourth-order valence-corrected chi connectivity index (χ4v) is 2.44. The van der Waals surface area contributed by atoms with Crippen LogP contribution in [0.3, 0.4) is 0 Å². The quantitative estimate of drug-likeness (QED) is 0.838. The van der Waals surface area contributed by atoms with Crippen LogP contribution in [0.4, 0.5) is 20.2 Å². The summed E-state index contributed by atoms with van der Waals surface area (Å²) in [6, 6.07) is 11.4. The van der Waals surface area contributed by atoms with E-state index in [2.05, 4.69) is 10.6 Å². The molecule has 1 aliphatic carbocycles. The molecule has 0 atom stereocenters. The van der Waals surface area contributed by atoms with Gasteiger partial charge < -0.3 is 10.6 Å². The van der Waals surface area contributed by atoms with Crippen LogP contribution >= 0.6 is 0 Å². The summed E-state index contributed by atoms with van der Waals surface area (Å²) in [6.45, 7) is 0. The second-order valence-electron chi connectivity index (χ2n) is 5.78. The number of rotatable bonds is 4. The van der Waals surface area contributed by atoms with Crippen molar-refractivity contribution in [1.82, 2.24) is 0 Å². The van der Waals surface area contributed by atoms with Gasteiger partial charge in [0.15, 0.2) is 11.6 Å². The van der Waals surface area contributed by atoms with Crippen LogP contribution in [0, 0.1) is 28.4 Å². The van der Waals surface area contributed by atoms with Crippen molar-refractivity contribution in [1.29, 1.82) is 5.26 Å². The third-order valence-electron chi connectivity index (χ3n) is 4.09. The summed E-state index contributed by atoms with van der Waals surface area (Å²) in [5, 5.41) is 14.1. The first-order chi connectivity index (χ1) is 12.0. The summed E-state index contributed by atoms with van der Waals surface area (Å²) in [4.78, 5) is 24.9. The van der Waals surface area contributed by atoms with E-state index in [4.69, 9.17) is 5.26 Å². The summed E-state index contributed by atoms with van der Waals surface area (Å²) in [6.07, 6.45) is 0.673. The monoisotopic (exact) mass is 341 g/mol. The predicted molar refractivity (Wildman–Crippen MR) is 86.4 cm³/mol. The molecular formula is C18H13F2N3O2. The third kappa shape index (κ3) is 3.19. The van der Waals surface area contributed by atoms with Crippen molar-refractivity contribution in [2.75, 3.05) is 10.6 Å². The maximum absolute atomic E-state index is 13.2. The lowest BCUT2D eigenvalue weighted by Crippen LogP contribution is -2.35. The van der Waals surface area contributed by atoms with Gasteiger partial charge in [-0.05, 0) is 37.1 Å². The largest absolute Gasteiger partial charge is 0.325 e. The van der Waals surface area contributed by atoms with Gasteiger partial charge in [-0.2, -0.15) is 5.26 Å². The molecule has 0 unspecified atom stereocenters. The van der Waals surface area contributed by atoms with Crippen LogP contribution in [0.15, 0.2) is 42.5 Å². The maximum Gasteiger partial charge on any atom is 0.240 e. The van der Waals surface area contributed by atoms with Crippen molar-refractivity contribution in [2.24, 2.45) is 5.41 Å². The number of nitrogens with one attached hydrogen (secondary N) is 2. The molecule has 0 aromatic heterocycles. The van der Waals surface area contributed by atoms with E-state index < -0.39 is 28.9 Å². The number of carbonyl (C=O) groups is 2. The van der Waals surface area contributed by atoms with Crippen LogP contribution in [0.5, 0.6) is 0 Å². The summed E-state index contributed by atoms with van der Waals surface area (Å²) < 4.78 is 26.2. The van der Waals surface area contributed by atoms with Crippen molar-refractivity contribution in [3.05, 3.63) is 59.7 Å². The standard InChI is InChI=1S/C18H13F2N3O2/c19-13-6-5-12(9-14(13)20)22-16(24)18(7-8-18)17(25)23-15-4-2-1-3-11(15)10-21/h1-6,9H,7-8H2,(H,22,24)(H,23,25). The normalized spacial score (nSPS) is 14.3. The topological polar surface area (TPSA) is 82.0 Å². The van der Waals surface area contributed by atoms with Crippen molar-refractivity contribution in [3.8, 4) is 6.07 Å². The Morgan fingerprint density at radius 1 is 1.00 bits per heavy atom. The summed E-state index contributed by atoms with van der Waals surface area (Å²) in [5.41, 5.74) is -0.595. The highest BCUT2D eigenvalue weighted by atomic mass is 19.2. The zero-order valence-electron chi connectivity index (χ0n) is 13.0. The highest BCUT2D eigenvalue weighted by molar-refractivity contribution is 6.17. The van der Waals surface area contributed by atoms with Crippen LogP contribution in [-0.2, 0) is 9.59 Å². The van der Waals surface area contributed by atoms with Crippen molar-refractivity contribution in [2.45, 2.75) is 12.8 Å². The van der Waals surface area contributed by atoms with E-state index in [1.165, 1.54) is 6.07 Å². The van der Waals surface area contributed by atoms with Crippen LogP contribution in [0.1, 0.15) is 18.4 Å². The van der Waals surface area contributed by atoms with E-state index in [1.54, 1.807) is 24.3 Å². The van der Waals surface area contributed by atoms with Crippen LogP contribution in [0.2, 0.25) is 0 Å². The number of para-hydroxylation sites is 1. The van der Waals surface area contributed by atoms with Crippen molar-refractivity contribution < 1.29 is 18.4 Å². The molecule has 2 N–H and O–H groups in total. The van der Waals surface area contributed by atoms with Gasteiger partial charge in [-0.15, -0.1) is 0 Å². The Kier molecular flexibility index (Phi) is 4.19. The molecule has 1 fully saturated rings. The molecule has 25 heavy (non-hydrogen) atoms. The van der Waals surface area contributed by atoms with E-state index in [9.17, 15) is 18.4 Å². The molecular weight excluding hydrogens is 328 g/mol. The summed E-state index contributed by atoms with van der Waals surface area (Å²) >= 11 is 0. The molecule has 0 heterocycles. The number of nitriles is 1. The molecule has 3 rings (SSSR count). The molecule has 2 aromatic carbocycles. The molecule has 7 heteroatoms. The highest BCUT2D eigenvalue weighted by Gasteiger charge is 2.56. The van der Waals surface area contributed by atoms with Gasteiger partial charge in [-0.1, -0.05) is 12.1 Å². The van der Waals surface area contributed by atoms with Crippen LogP contribution in [0.25, 0.3) is 0 Å². The Balaban J connectivity index is 1.75. The Hall–Kier alpha value is -3.27. The van der Waals surface area contributed by atoms with Gasteiger partial charge in [0.25, 0.3) is 0 Å². The van der Waals surface area contributed by atoms with Crippen molar-refractivity contribution in [3.63, 3.8) is 0 Å². The average Bonchev–Trinajstić information content (AvgIpc) is 3.40. The average molecular weight is 341 g/mol. The predicted octanol–water partition coefficient (Wildman–Crippen LogP) is 3.19. The third-order valence-corrected chi connectivity index (χ3v) is 4.09. The molecule has 1 saturated carbocycles. The van der Waals surface area contributed by atoms with Crippen molar-refractivity contribution >= 4 is 23.2 Å². The lowest BCUT2D eigenvalue weighted by atomic mass is 10.0. The molecule has 0 bridgehead atoms. The smallest absolute Gasteiger partial charge is 0.240 e. The number of benzene rings is 2. The van der Waals surface area contributed by atoms with E-state index in [0.29, 0.717) is 18.5 Å². The molecule has 0 radical (unpaired) electrons. The number of hydrogen-bond donors (Lipinski definition) is 2. The van der Waals surface area contributed by atoms with E-state index >= 15 is 0 Å². The van der Waals surface area contributed by atoms with Crippen LogP contribution < -0.4 is 10.6 Å². The SMILES string of the molecule is N#Cc1ccccc1NC(=O)C1(C(=O)Nc2ccc(F)c(F)c2)CC1. The molecule has 126 valence electrons. The van der Waals surface area contributed by atoms with Gasteiger partial charge in [0, 0.05) is 11.8 Å². The Bertz CT molecular complexity index is 901. The number of halogens is 2. The molecule has 0 aliphatic heterocycles. The van der Waals surface area contributed by atoms with Crippen LogP contribution in [-0.4, -0.2) is 11.8 Å². The van der Waals surface area contributed by atoms with Gasteiger partial charge >= 0.3 is 0 Å². The van der Waals surface area contributed by atoms with Gasteiger partial charge in [0.2, 0.25) is 11.8 Å². The van der Waals surface area contributed by atoms with Gasteiger partial charge in [0.05, 0.1) is 11.3 Å². The zero-order chi connectivity index (χ0) is 18.0. The molecule has 0 saturated heterocycles. The number of carbonyl (C=O) groups excluding carboxylic acids is 2. The summed E-state index contributed by atoms with van der Waals surface area (Å²) in [7, 11) is 0. The fourth-order valence-electron chi connectivity index (χ4n) is 2.44. The highest BCUT2D eigenvalue weighted by Crippen LogP contribution is 2.47. The minimum Gasteiger partial charge on any atom is -0.325 e. The lowest BCUT2D eigenvalue weighted by Gasteiger charge is -2.16.